The molecule has 6 heteroatoms. The van der Waals surface area contributed by atoms with Gasteiger partial charge in [-0.2, -0.15) is 0 Å². The molecule has 0 aromatic heterocycles. The van der Waals surface area contributed by atoms with Gasteiger partial charge >= 0.3 is 6.03 Å². The average molecular weight is 384 g/mol. The van der Waals surface area contributed by atoms with Crippen LogP contribution in [-0.2, 0) is 10.8 Å². The van der Waals surface area contributed by atoms with E-state index in [1.165, 1.54) is 45.1 Å². The number of amides is 2. The first-order valence-electron chi connectivity index (χ1n) is 10.8. The van der Waals surface area contributed by atoms with Crippen LogP contribution in [0.15, 0.2) is 0 Å². The molecular weight excluding hydrogens is 346 g/mol. The number of rotatable bonds is 5. The Bertz CT molecular complexity index is 482. The standard InChI is InChI=1S/C20H37N3O2S/c1-2-26(25)19-12-6-8-16(14-19)21-20(24)22-17-9-7-13-23(15-17)18-10-4-3-5-11-18/h16-19H,2-15H2,1H3,(H2,21,22,24)/t16-,17-,19+,26-/m0/s1. The molecule has 0 spiro atoms. The van der Waals surface area contributed by atoms with Crippen molar-refractivity contribution in [2.24, 2.45) is 0 Å². The Labute approximate surface area is 161 Å². The molecule has 3 rings (SSSR count). The molecule has 0 aromatic carbocycles. The van der Waals surface area contributed by atoms with Crippen molar-refractivity contribution in [1.82, 2.24) is 15.5 Å². The Morgan fingerprint density at radius 2 is 1.69 bits per heavy atom. The van der Waals surface area contributed by atoms with E-state index in [1.807, 2.05) is 6.92 Å². The summed E-state index contributed by atoms with van der Waals surface area (Å²) in [5.74, 6) is 0.725. The topological polar surface area (TPSA) is 61.4 Å². The summed E-state index contributed by atoms with van der Waals surface area (Å²) in [5, 5.41) is 6.65. The molecule has 0 unspecified atom stereocenters. The van der Waals surface area contributed by atoms with E-state index in [0.29, 0.717) is 0 Å². The van der Waals surface area contributed by atoms with Gasteiger partial charge in [-0.15, -0.1) is 0 Å². The number of nitrogens with one attached hydrogen (secondary N) is 2. The number of urea groups is 1. The lowest BCUT2D eigenvalue weighted by molar-refractivity contribution is 0.111. The molecule has 2 aliphatic carbocycles. The molecule has 150 valence electrons. The molecular formula is C20H37N3O2S. The van der Waals surface area contributed by atoms with E-state index in [2.05, 4.69) is 15.5 Å². The predicted molar refractivity (Wildman–Crippen MR) is 108 cm³/mol. The van der Waals surface area contributed by atoms with Crippen molar-refractivity contribution in [3.63, 3.8) is 0 Å². The van der Waals surface area contributed by atoms with Crippen molar-refractivity contribution in [2.75, 3.05) is 18.8 Å². The van der Waals surface area contributed by atoms with E-state index in [-0.39, 0.29) is 23.4 Å². The molecule has 0 bridgehead atoms. The summed E-state index contributed by atoms with van der Waals surface area (Å²) in [7, 11) is -0.741. The zero-order valence-corrected chi connectivity index (χ0v) is 17.2. The monoisotopic (exact) mass is 383 g/mol. The van der Waals surface area contributed by atoms with E-state index in [9.17, 15) is 9.00 Å². The smallest absolute Gasteiger partial charge is 0.315 e. The lowest BCUT2D eigenvalue weighted by Gasteiger charge is -2.40. The van der Waals surface area contributed by atoms with Gasteiger partial charge in [0.15, 0.2) is 0 Å². The Balaban J connectivity index is 1.43. The summed E-state index contributed by atoms with van der Waals surface area (Å²) in [6.45, 7) is 4.18. The molecule has 5 nitrogen and oxygen atoms in total. The van der Waals surface area contributed by atoms with Crippen LogP contribution in [-0.4, -0.2) is 57.4 Å². The first kappa shape index (κ1) is 20.1. The molecule has 1 heterocycles. The van der Waals surface area contributed by atoms with Crippen LogP contribution in [0.3, 0.4) is 0 Å². The molecule has 3 aliphatic rings. The van der Waals surface area contributed by atoms with Crippen LogP contribution in [0.5, 0.6) is 0 Å². The molecule has 1 aliphatic heterocycles. The minimum Gasteiger partial charge on any atom is -0.335 e. The Morgan fingerprint density at radius 3 is 2.46 bits per heavy atom. The van der Waals surface area contributed by atoms with Crippen molar-refractivity contribution < 1.29 is 9.00 Å². The van der Waals surface area contributed by atoms with Gasteiger partial charge in [-0.25, -0.2) is 4.79 Å². The maximum absolute atomic E-state index is 12.5. The zero-order valence-electron chi connectivity index (χ0n) is 16.4. The van der Waals surface area contributed by atoms with E-state index in [4.69, 9.17) is 0 Å². The first-order chi connectivity index (χ1) is 12.7. The molecule has 0 aromatic rings. The summed E-state index contributed by atoms with van der Waals surface area (Å²) < 4.78 is 12.1. The van der Waals surface area contributed by atoms with Gasteiger partial charge in [0.25, 0.3) is 0 Å². The van der Waals surface area contributed by atoms with Gasteiger partial charge in [-0.05, 0) is 51.5 Å². The third kappa shape index (κ3) is 5.69. The predicted octanol–water partition coefficient (Wildman–Crippen LogP) is 3.16. The summed E-state index contributed by atoms with van der Waals surface area (Å²) in [6.07, 6.45) is 13.0. The zero-order chi connectivity index (χ0) is 18.4. The average Bonchev–Trinajstić information content (AvgIpc) is 2.68. The molecule has 3 fully saturated rings. The minimum atomic E-state index is -0.741. The lowest BCUT2D eigenvalue weighted by atomic mass is 9.92. The van der Waals surface area contributed by atoms with Gasteiger partial charge in [0.05, 0.1) is 0 Å². The van der Waals surface area contributed by atoms with Crippen LogP contribution in [0.25, 0.3) is 0 Å². The number of carbonyl (C=O) groups is 1. The maximum Gasteiger partial charge on any atom is 0.315 e. The normalized spacial score (nSPS) is 32.7. The van der Waals surface area contributed by atoms with Crippen LogP contribution < -0.4 is 10.6 Å². The molecule has 0 radical (unpaired) electrons. The third-order valence-corrected chi connectivity index (χ3v) is 8.24. The number of piperidine rings is 1. The van der Waals surface area contributed by atoms with E-state index >= 15 is 0 Å². The number of carbonyl (C=O) groups excluding carboxylic acids is 1. The summed E-state index contributed by atoms with van der Waals surface area (Å²) in [6, 6.07) is 1.17. The number of hydrogen-bond donors (Lipinski definition) is 2. The summed E-state index contributed by atoms with van der Waals surface area (Å²) in [5.41, 5.74) is 0. The minimum absolute atomic E-state index is 0.0200. The number of hydrogen-bond acceptors (Lipinski definition) is 3. The van der Waals surface area contributed by atoms with Crippen molar-refractivity contribution >= 4 is 16.8 Å². The summed E-state index contributed by atoms with van der Waals surface area (Å²) >= 11 is 0. The molecule has 1 saturated heterocycles. The number of likely N-dealkylation sites (tertiary alicyclic amines) is 1. The van der Waals surface area contributed by atoms with Crippen LogP contribution in [0.1, 0.15) is 77.6 Å². The number of nitrogens with zero attached hydrogens (tertiary/aromatic N) is 1. The van der Waals surface area contributed by atoms with E-state index in [1.54, 1.807) is 0 Å². The highest BCUT2D eigenvalue weighted by atomic mass is 32.2. The highest BCUT2D eigenvalue weighted by Gasteiger charge is 2.29. The Kier molecular flexibility index (Phi) is 7.79. The van der Waals surface area contributed by atoms with Gasteiger partial charge < -0.3 is 10.6 Å². The third-order valence-electron chi connectivity index (χ3n) is 6.50. The molecule has 2 N–H and O–H groups in total. The van der Waals surface area contributed by atoms with Crippen LogP contribution >= 0.6 is 0 Å². The second-order valence-corrected chi connectivity index (χ2v) is 10.4. The molecule has 26 heavy (non-hydrogen) atoms. The largest absolute Gasteiger partial charge is 0.335 e. The fourth-order valence-corrected chi connectivity index (χ4v) is 6.41. The molecule has 2 amide bonds. The van der Waals surface area contributed by atoms with Crippen LogP contribution in [0.2, 0.25) is 0 Å². The highest BCUT2D eigenvalue weighted by molar-refractivity contribution is 7.85. The van der Waals surface area contributed by atoms with Crippen LogP contribution in [0.4, 0.5) is 4.79 Å². The lowest BCUT2D eigenvalue weighted by Crippen LogP contribution is -2.54. The fourth-order valence-electron chi connectivity index (χ4n) is 5.07. The SMILES string of the molecule is CC[S@](=O)[C@@H]1CCC[C@H](NC(=O)N[C@H]2CCCN(C3CCCCC3)C2)C1. The molecule has 4 atom stereocenters. The van der Waals surface area contributed by atoms with Crippen molar-refractivity contribution in [3.05, 3.63) is 0 Å². The quantitative estimate of drug-likeness (QED) is 0.767. The van der Waals surface area contributed by atoms with E-state index < -0.39 is 10.8 Å². The second-order valence-electron chi connectivity index (χ2n) is 8.40. The summed E-state index contributed by atoms with van der Waals surface area (Å²) in [4.78, 5) is 15.1. The van der Waals surface area contributed by atoms with E-state index in [0.717, 1.165) is 50.4 Å². The Morgan fingerprint density at radius 1 is 0.962 bits per heavy atom. The van der Waals surface area contributed by atoms with Gasteiger partial charge in [-0.1, -0.05) is 32.6 Å². The fraction of sp³-hybridized carbons (Fsp3) is 0.950. The highest BCUT2D eigenvalue weighted by Crippen LogP contribution is 2.26. The van der Waals surface area contributed by atoms with Crippen LogP contribution in [0, 0.1) is 0 Å². The van der Waals surface area contributed by atoms with Gasteiger partial charge in [0, 0.05) is 46.5 Å². The van der Waals surface area contributed by atoms with Gasteiger partial charge in [0.2, 0.25) is 0 Å². The van der Waals surface area contributed by atoms with Crippen molar-refractivity contribution in [1.29, 1.82) is 0 Å². The molecule has 2 saturated carbocycles. The Hall–Kier alpha value is -0.620. The second kappa shape index (κ2) is 10.1. The van der Waals surface area contributed by atoms with Gasteiger partial charge in [-0.3, -0.25) is 9.11 Å². The van der Waals surface area contributed by atoms with Crippen molar-refractivity contribution in [2.45, 2.75) is 101 Å². The first-order valence-corrected chi connectivity index (χ1v) is 12.2. The van der Waals surface area contributed by atoms with Crippen molar-refractivity contribution in [3.8, 4) is 0 Å². The maximum atomic E-state index is 12.5. The van der Waals surface area contributed by atoms with Gasteiger partial charge in [0.1, 0.15) is 0 Å².